The predicted molar refractivity (Wildman–Crippen MR) is 60.2 cm³/mol. The van der Waals surface area contributed by atoms with Crippen molar-refractivity contribution < 1.29 is 4.79 Å². The zero-order chi connectivity index (χ0) is 10.7. The van der Waals surface area contributed by atoms with Crippen LogP contribution in [-0.2, 0) is 0 Å². The molecule has 1 fully saturated rings. The summed E-state index contributed by atoms with van der Waals surface area (Å²) >= 11 is 0. The van der Waals surface area contributed by atoms with Gasteiger partial charge in [-0.25, -0.2) is 4.98 Å². The summed E-state index contributed by atoms with van der Waals surface area (Å²) in [5.74, 6) is 0.933. The summed E-state index contributed by atoms with van der Waals surface area (Å²) in [7, 11) is 0. The van der Waals surface area contributed by atoms with Crippen LogP contribution in [0.25, 0.3) is 0 Å². The first-order valence-electron chi connectivity index (χ1n) is 5.14. The molecule has 0 N–H and O–H groups in total. The van der Waals surface area contributed by atoms with Crippen LogP contribution in [0.4, 0.5) is 5.82 Å². The Kier molecular flexibility index (Phi) is 2.81. The number of aromatic nitrogens is 1. The molecule has 3 nitrogen and oxygen atoms in total. The Balaban J connectivity index is 2.17. The minimum absolute atomic E-state index is 0.609. The van der Waals surface area contributed by atoms with Gasteiger partial charge in [-0.2, -0.15) is 0 Å². The van der Waals surface area contributed by atoms with Crippen molar-refractivity contribution in [3.05, 3.63) is 36.5 Å². The van der Waals surface area contributed by atoms with Crippen LogP contribution in [-0.4, -0.2) is 23.9 Å². The first-order valence-corrected chi connectivity index (χ1v) is 5.14. The normalized spacial score (nSPS) is 14.7. The number of aldehydes is 1. The summed E-state index contributed by atoms with van der Waals surface area (Å²) in [6, 6.07) is 4.30. The fourth-order valence-corrected chi connectivity index (χ4v) is 1.59. The van der Waals surface area contributed by atoms with Gasteiger partial charge < -0.3 is 4.90 Å². The molecule has 1 aliphatic rings. The average molecular weight is 202 g/mol. The molecular formula is C12H14N2O. The van der Waals surface area contributed by atoms with Gasteiger partial charge in [-0.15, -0.1) is 6.58 Å². The number of anilines is 1. The van der Waals surface area contributed by atoms with Crippen molar-refractivity contribution in [2.24, 2.45) is 0 Å². The van der Waals surface area contributed by atoms with Crippen molar-refractivity contribution in [1.82, 2.24) is 4.98 Å². The molecular weight excluding hydrogens is 188 g/mol. The summed E-state index contributed by atoms with van der Waals surface area (Å²) in [4.78, 5) is 17.0. The van der Waals surface area contributed by atoms with Crippen LogP contribution in [0.15, 0.2) is 31.0 Å². The summed E-state index contributed by atoms with van der Waals surface area (Å²) in [5, 5.41) is 0. The summed E-state index contributed by atoms with van der Waals surface area (Å²) in [6.45, 7) is 4.56. The number of carbonyl (C=O) groups is 1. The summed E-state index contributed by atoms with van der Waals surface area (Å²) in [6.07, 6.45) is 6.76. The van der Waals surface area contributed by atoms with E-state index in [1.165, 1.54) is 12.8 Å². The number of rotatable bonds is 5. The molecule has 0 aliphatic heterocycles. The van der Waals surface area contributed by atoms with Crippen molar-refractivity contribution in [1.29, 1.82) is 0 Å². The summed E-state index contributed by atoms with van der Waals surface area (Å²) < 4.78 is 0. The Labute approximate surface area is 89.4 Å². The SMILES string of the molecule is C=CCN(c1ccc(C=O)cn1)C1CC1. The standard InChI is InChI=1S/C12H14N2O/c1-2-7-14(11-4-5-11)12-6-3-10(9-15)8-13-12/h2-3,6,8-9,11H,1,4-5,7H2. The van der Waals surface area contributed by atoms with Gasteiger partial charge in [0.1, 0.15) is 5.82 Å². The maximum absolute atomic E-state index is 10.5. The van der Waals surface area contributed by atoms with E-state index in [-0.39, 0.29) is 0 Å². The number of pyridine rings is 1. The molecule has 15 heavy (non-hydrogen) atoms. The van der Waals surface area contributed by atoms with E-state index < -0.39 is 0 Å². The van der Waals surface area contributed by atoms with Crippen LogP contribution in [0, 0.1) is 0 Å². The Morgan fingerprint density at radius 3 is 2.80 bits per heavy atom. The number of nitrogens with zero attached hydrogens (tertiary/aromatic N) is 2. The van der Waals surface area contributed by atoms with E-state index in [2.05, 4.69) is 16.5 Å². The van der Waals surface area contributed by atoms with Gasteiger partial charge >= 0.3 is 0 Å². The number of hydrogen-bond donors (Lipinski definition) is 0. The van der Waals surface area contributed by atoms with Crippen molar-refractivity contribution in [3.63, 3.8) is 0 Å². The van der Waals surface area contributed by atoms with Gasteiger partial charge in [-0.1, -0.05) is 6.08 Å². The van der Waals surface area contributed by atoms with Gasteiger partial charge in [0, 0.05) is 24.3 Å². The lowest BCUT2D eigenvalue weighted by Crippen LogP contribution is -2.26. The Hall–Kier alpha value is -1.64. The highest BCUT2D eigenvalue weighted by Gasteiger charge is 2.28. The average Bonchev–Trinajstić information content (AvgIpc) is 3.10. The molecule has 0 amide bonds. The second-order valence-electron chi connectivity index (χ2n) is 3.74. The molecule has 0 aromatic carbocycles. The van der Waals surface area contributed by atoms with Gasteiger partial charge in [0.2, 0.25) is 0 Å². The molecule has 78 valence electrons. The topological polar surface area (TPSA) is 33.2 Å². The lowest BCUT2D eigenvalue weighted by atomic mass is 10.3. The van der Waals surface area contributed by atoms with Crippen LogP contribution in [0.5, 0.6) is 0 Å². The van der Waals surface area contributed by atoms with Gasteiger partial charge in [0.05, 0.1) is 0 Å². The van der Waals surface area contributed by atoms with Crippen molar-refractivity contribution >= 4 is 12.1 Å². The molecule has 3 heteroatoms. The smallest absolute Gasteiger partial charge is 0.151 e. The van der Waals surface area contributed by atoms with E-state index in [9.17, 15) is 4.79 Å². The molecule has 0 bridgehead atoms. The van der Waals surface area contributed by atoms with Crippen LogP contribution in [0.3, 0.4) is 0 Å². The third kappa shape index (κ3) is 2.24. The van der Waals surface area contributed by atoms with Gasteiger partial charge in [-0.3, -0.25) is 4.79 Å². The fraction of sp³-hybridized carbons (Fsp3) is 0.333. The van der Waals surface area contributed by atoms with Gasteiger partial charge in [-0.05, 0) is 25.0 Å². The minimum Gasteiger partial charge on any atom is -0.350 e. The van der Waals surface area contributed by atoms with Crippen molar-refractivity contribution in [3.8, 4) is 0 Å². The molecule has 1 heterocycles. The third-order valence-corrected chi connectivity index (χ3v) is 2.51. The first kappa shape index (κ1) is 9.90. The molecule has 1 saturated carbocycles. The highest BCUT2D eigenvalue weighted by Crippen LogP contribution is 2.30. The zero-order valence-corrected chi connectivity index (χ0v) is 8.60. The highest BCUT2D eigenvalue weighted by molar-refractivity contribution is 5.74. The predicted octanol–water partition coefficient (Wildman–Crippen LogP) is 2.05. The molecule has 0 atom stereocenters. The number of carbonyl (C=O) groups excluding carboxylic acids is 1. The molecule has 1 aromatic rings. The fourth-order valence-electron chi connectivity index (χ4n) is 1.59. The third-order valence-electron chi connectivity index (χ3n) is 2.51. The lowest BCUT2D eigenvalue weighted by molar-refractivity contribution is 0.112. The number of hydrogen-bond acceptors (Lipinski definition) is 3. The first-order chi connectivity index (χ1) is 7.35. The summed E-state index contributed by atoms with van der Waals surface area (Å²) in [5.41, 5.74) is 0.619. The van der Waals surface area contributed by atoms with E-state index >= 15 is 0 Å². The highest BCUT2D eigenvalue weighted by atomic mass is 16.1. The quantitative estimate of drug-likeness (QED) is 0.541. The van der Waals surface area contributed by atoms with E-state index in [4.69, 9.17) is 0 Å². The minimum atomic E-state index is 0.609. The van der Waals surface area contributed by atoms with E-state index in [1.54, 1.807) is 12.3 Å². The van der Waals surface area contributed by atoms with E-state index in [0.29, 0.717) is 11.6 Å². The van der Waals surface area contributed by atoms with Gasteiger partial charge in [0.15, 0.2) is 6.29 Å². The molecule has 0 radical (unpaired) electrons. The zero-order valence-electron chi connectivity index (χ0n) is 8.60. The molecule has 1 aromatic heterocycles. The van der Waals surface area contributed by atoms with E-state index in [0.717, 1.165) is 18.6 Å². The lowest BCUT2D eigenvalue weighted by Gasteiger charge is -2.21. The van der Waals surface area contributed by atoms with Gasteiger partial charge in [0.25, 0.3) is 0 Å². The van der Waals surface area contributed by atoms with Crippen molar-refractivity contribution in [2.45, 2.75) is 18.9 Å². The molecule has 2 rings (SSSR count). The Morgan fingerprint density at radius 2 is 2.33 bits per heavy atom. The molecule has 0 unspecified atom stereocenters. The molecule has 0 spiro atoms. The largest absolute Gasteiger partial charge is 0.350 e. The van der Waals surface area contributed by atoms with E-state index in [1.807, 2.05) is 12.1 Å². The van der Waals surface area contributed by atoms with Crippen molar-refractivity contribution in [2.75, 3.05) is 11.4 Å². The Morgan fingerprint density at radius 1 is 1.53 bits per heavy atom. The van der Waals surface area contributed by atoms with Crippen LogP contribution in [0.2, 0.25) is 0 Å². The van der Waals surface area contributed by atoms with Crippen LogP contribution in [0.1, 0.15) is 23.2 Å². The monoisotopic (exact) mass is 202 g/mol. The second kappa shape index (κ2) is 4.26. The maximum Gasteiger partial charge on any atom is 0.151 e. The van der Waals surface area contributed by atoms with Crippen LogP contribution < -0.4 is 4.90 Å². The molecule has 0 saturated heterocycles. The molecule has 1 aliphatic carbocycles. The Bertz CT molecular complexity index is 354. The maximum atomic E-state index is 10.5. The second-order valence-corrected chi connectivity index (χ2v) is 3.74. The van der Waals surface area contributed by atoms with Crippen LogP contribution >= 0.6 is 0 Å².